The van der Waals surface area contributed by atoms with E-state index in [1.54, 1.807) is 0 Å². The maximum atomic E-state index is 11.3. The number of carbonyl (C=O) groups excluding carboxylic acids is 1. The van der Waals surface area contributed by atoms with Crippen LogP contribution in [0.4, 0.5) is 0 Å². The first-order chi connectivity index (χ1) is 10.8. The molecule has 0 radical (unpaired) electrons. The van der Waals surface area contributed by atoms with Crippen molar-refractivity contribution in [1.82, 2.24) is 4.90 Å². The number of hydrogen-bond donors (Lipinski definition) is 0. The fourth-order valence-electron chi connectivity index (χ4n) is 3.59. The monoisotopic (exact) mass is 301 g/mol. The standard InChI is InChI=1S/C19H27NO2/c21-18-8-4-16(5-9-18)17-6-10-19(11-7-17)22-15-3-14-20-12-1-2-13-20/h6-7,10-11,16H,1-5,8-9,12-15H2. The van der Waals surface area contributed by atoms with Gasteiger partial charge in [0.05, 0.1) is 6.61 Å². The van der Waals surface area contributed by atoms with Gasteiger partial charge in [-0.3, -0.25) is 4.79 Å². The molecule has 1 saturated carbocycles. The highest BCUT2D eigenvalue weighted by atomic mass is 16.5. The summed E-state index contributed by atoms with van der Waals surface area (Å²) in [5.74, 6) is 1.95. The van der Waals surface area contributed by atoms with Crippen LogP contribution in [0.2, 0.25) is 0 Å². The summed E-state index contributed by atoms with van der Waals surface area (Å²) in [6.45, 7) is 4.49. The average molecular weight is 301 g/mol. The first kappa shape index (κ1) is 15.5. The van der Waals surface area contributed by atoms with Crippen molar-refractivity contribution in [1.29, 1.82) is 0 Å². The molecule has 3 heteroatoms. The number of rotatable bonds is 6. The van der Waals surface area contributed by atoms with Crippen LogP contribution in [0, 0.1) is 0 Å². The number of carbonyl (C=O) groups is 1. The summed E-state index contributed by atoms with van der Waals surface area (Å²) in [6, 6.07) is 8.52. The molecule has 0 aromatic heterocycles. The van der Waals surface area contributed by atoms with Crippen molar-refractivity contribution < 1.29 is 9.53 Å². The molecule has 0 unspecified atom stereocenters. The van der Waals surface area contributed by atoms with Crippen molar-refractivity contribution in [2.75, 3.05) is 26.2 Å². The highest BCUT2D eigenvalue weighted by molar-refractivity contribution is 5.79. The van der Waals surface area contributed by atoms with Crippen LogP contribution in [0.3, 0.4) is 0 Å². The second-order valence-corrected chi connectivity index (χ2v) is 6.63. The predicted octanol–water partition coefficient (Wildman–Crippen LogP) is 3.78. The minimum Gasteiger partial charge on any atom is -0.494 e. The van der Waals surface area contributed by atoms with E-state index in [0.717, 1.165) is 51.0 Å². The summed E-state index contributed by atoms with van der Waals surface area (Å²) in [5.41, 5.74) is 1.36. The molecule has 1 aromatic carbocycles. The Bertz CT molecular complexity index is 467. The first-order valence-corrected chi connectivity index (χ1v) is 8.78. The Balaban J connectivity index is 1.40. The van der Waals surface area contributed by atoms with Crippen LogP contribution in [-0.2, 0) is 4.79 Å². The molecule has 2 fully saturated rings. The van der Waals surface area contributed by atoms with E-state index >= 15 is 0 Å². The minimum absolute atomic E-state index is 0.425. The van der Waals surface area contributed by atoms with Crippen molar-refractivity contribution in [3.05, 3.63) is 29.8 Å². The lowest BCUT2D eigenvalue weighted by molar-refractivity contribution is -0.120. The van der Waals surface area contributed by atoms with E-state index in [9.17, 15) is 4.79 Å². The molecule has 0 spiro atoms. The molecular formula is C19H27NO2. The lowest BCUT2D eigenvalue weighted by Gasteiger charge is -2.21. The van der Waals surface area contributed by atoms with Gasteiger partial charge >= 0.3 is 0 Å². The zero-order valence-electron chi connectivity index (χ0n) is 13.4. The summed E-state index contributed by atoms with van der Waals surface area (Å²) in [4.78, 5) is 13.8. The largest absolute Gasteiger partial charge is 0.494 e. The number of Topliss-reactive ketones (excluding diaryl/α,β-unsaturated/α-hetero) is 1. The van der Waals surface area contributed by atoms with E-state index in [4.69, 9.17) is 4.74 Å². The molecule has 2 aliphatic rings. The fourth-order valence-corrected chi connectivity index (χ4v) is 3.59. The third-order valence-electron chi connectivity index (χ3n) is 4.98. The average Bonchev–Trinajstić information content (AvgIpc) is 3.06. The van der Waals surface area contributed by atoms with Gasteiger partial charge in [0.2, 0.25) is 0 Å². The molecule has 1 aromatic rings. The van der Waals surface area contributed by atoms with Gasteiger partial charge in [-0.25, -0.2) is 0 Å². The summed E-state index contributed by atoms with van der Waals surface area (Å²) < 4.78 is 5.84. The van der Waals surface area contributed by atoms with Crippen molar-refractivity contribution in [3.63, 3.8) is 0 Å². The normalized spacial score (nSPS) is 20.5. The van der Waals surface area contributed by atoms with Gasteiger partial charge in [0.25, 0.3) is 0 Å². The van der Waals surface area contributed by atoms with Crippen LogP contribution in [-0.4, -0.2) is 36.9 Å². The topological polar surface area (TPSA) is 29.5 Å². The van der Waals surface area contributed by atoms with Crippen LogP contribution >= 0.6 is 0 Å². The van der Waals surface area contributed by atoms with E-state index in [-0.39, 0.29) is 0 Å². The van der Waals surface area contributed by atoms with Gasteiger partial charge in [-0.05, 0) is 68.8 Å². The second kappa shape index (κ2) is 7.77. The third-order valence-corrected chi connectivity index (χ3v) is 4.98. The fraction of sp³-hybridized carbons (Fsp3) is 0.632. The number of nitrogens with zero attached hydrogens (tertiary/aromatic N) is 1. The lowest BCUT2D eigenvalue weighted by Crippen LogP contribution is -2.21. The molecule has 22 heavy (non-hydrogen) atoms. The molecule has 1 heterocycles. The van der Waals surface area contributed by atoms with E-state index in [0.29, 0.717) is 11.7 Å². The summed E-state index contributed by atoms with van der Waals surface area (Å²) >= 11 is 0. The Morgan fingerprint density at radius 3 is 2.41 bits per heavy atom. The van der Waals surface area contributed by atoms with E-state index in [1.165, 1.54) is 31.5 Å². The Hall–Kier alpha value is -1.35. The van der Waals surface area contributed by atoms with Crippen LogP contribution in [0.5, 0.6) is 5.75 Å². The zero-order chi connectivity index (χ0) is 15.2. The number of likely N-dealkylation sites (tertiary alicyclic amines) is 1. The van der Waals surface area contributed by atoms with Crippen molar-refractivity contribution in [3.8, 4) is 5.75 Å². The first-order valence-electron chi connectivity index (χ1n) is 8.78. The molecule has 1 saturated heterocycles. The Kier molecular flexibility index (Phi) is 5.49. The number of ketones is 1. The van der Waals surface area contributed by atoms with Gasteiger partial charge < -0.3 is 9.64 Å². The number of benzene rings is 1. The molecule has 3 nitrogen and oxygen atoms in total. The molecule has 0 N–H and O–H groups in total. The van der Waals surface area contributed by atoms with Crippen molar-refractivity contribution in [2.45, 2.75) is 50.9 Å². The highest BCUT2D eigenvalue weighted by Crippen LogP contribution is 2.31. The molecule has 120 valence electrons. The lowest BCUT2D eigenvalue weighted by atomic mass is 9.83. The van der Waals surface area contributed by atoms with E-state index < -0.39 is 0 Å². The van der Waals surface area contributed by atoms with E-state index in [2.05, 4.69) is 29.2 Å². The summed E-state index contributed by atoms with van der Waals surface area (Å²) in [7, 11) is 0. The minimum atomic E-state index is 0.425. The summed E-state index contributed by atoms with van der Waals surface area (Å²) in [5, 5.41) is 0. The van der Waals surface area contributed by atoms with Gasteiger partial charge in [0.15, 0.2) is 0 Å². The third kappa shape index (κ3) is 4.33. The number of ether oxygens (including phenoxy) is 1. The Labute approximate surface area is 133 Å². The van der Waals surface area contributed by atoms with Crippen molar-refractivity contribution >= 4 is 5.78 Å². The molecule has 0 atom stereocenters. The highest BCUT2D eigenvalue weighted by Gasteiger charge is 2.20. The van der Waals surface area contributed by atoms with E-state index in [1.807, 2.05) is 0 Å². The van der Waals surface area contributed by atoms with Gasteiger partial charge in [-0.15, -0.1) is 0 Å². The zero-order valence-corrected chi connectivity index (χ0v) is 13.4. The van der Waals surface area contributed by atoms with Gasteiger partial charge in [0, 0.05) is 19.4 Å². The summed E-state index contributed by atoms with van der Waals surface area (Å²) in [6.07, 6.45) is 7.33. The van der Waals surface area contributed by atoms with Crippen LogP contribution in [0.15, 0.2) is 24.3 Å². The quantitative estimate of drug-likeness (QED) is 0.749. The smallest absolute Gasteiger partial charge is 0.132 e. The maximum Gasteiger partial charge on any atom is 0.132 e. The molecule has 0 amide bonds. The molecule has 0 bridgehead atoms. The van der Waals surface area contributed by atoms with Crippen LogP contribution < -0.4 is 4.74 Å². The van der Waals surface area contributed by atoms with Crippen molar-refractivity contribution in [2.24, 2.45) is 0 Å². The second-order valence-electron chi connectivity index (χ2n) is 6.63. The maximum absolute atomic E-state index is 11.3. The Morgan fingerprint density at radius 2 is 1.73 bits per heavy atom. The molecular weight excluding hydrogens is 274 g/mol. The SMILES string of the molecule is O=C1CCC(c2ccc(OCCCN3CCCC3)cc2)CC1. The van der Waals surface area contributed by atoms with Gasteiger partial charge in [-0.2, -0.15) is 0 Å². The van der Waals surface area contributed by atoms with Gasteiger partial charge in [-0.1, -0.05) is 12.1 Å². The van der Waals surface area contributed by atoms with Crippen LogP contribution in [0.25, 0.3) is 0 Å². The Morgan fingerprint density at radius 1 is 1.05 bits per heavy atom. The molecule has 1 aliphatic carbocycles. The predicted molar refractivity (Wildman–Crippen MR) is 88.4 cm³/mol. The molecule has 1 aliphatic heterocycles. The van der Waals surface area contributed by atoms with Crippen LogP contribution in [0.1, 0.15) is 56.4 Å². The van der Waals surface area contributed by atoms with Gasteiger partial charge in [0.1, 0.15) is 11.5 Å². The molecule has 3 rings (SSSR count). The number of hydrogen-bond acceptors (Lipinski definition) is 3.